The summed E-state index contributed by atoms with van der Waals surface area (Å²) in [4.78, 5) is 6.33. The maximum atomic E-state index is 11.4. The fourth-order valence-electron chi connectivity index (χ4n) is 2.24. The third kappa shape index (κ3) is 7.89. The lowest BCUT2D eigenvalue weighted by molar-refractivity contribution is 0.115. The van der Waals surface area contributed by atoms with Gasteiger partial charge in [-0.05, 0) is 36.5 Å². The van der Waals surface area contributed by atoms with Crippen LogP contribution in [0.2, 0.25) is 0 Å². The Morgan fingerprint density at radius 3 is 2.76 bits per heavy atom. The van der Waals surface area contributed by atoms with Crippen molar-refractivity contribution >= 4 is 40.0 Å². The van der Waals surface area contributed by atoms with Gasteiger partial charge in [0.1, 0.15) is 0 Å². The van der Waals surface area contributed by atoms with E-state index in [0.717, 1.165) is 30.6 Å². The van der Waals surface area contributed by atoms with Gasteiger partial charge in [0.2, 0.25) is 10.0 Å². The second-order valence-corrected chi connectivity index (χ2v) is 7.59. The van der Waals surface area contributed by atoms with Crippen molar-refractivity contribution in [2.24, 2.45) is 16.0 Å². The molecule has 0 bridgehead atoms. The molecule has 0 atom stereocenters. The molecule has 142 valence electrons. The van der Waals surface area contributed by atoms with Crippen molar-refractivity contribution in [2.45, 2.75) is 24.3 Å². The van der Waals surface area contributed by atoms with E-state index in [1.807, 2.05) is 18.0 Å². The van der Waals surface area contributed by atoms with E-state index in [-0.39, 0.29) is 28.9 Å². The number of likely N-dealkylation sites (N-methyl/N-ethyl adjacent to an activating group) is 1. The minimum Gasteiger partial charge on any atom is -0.379 e. The standard InChI is InChI=1S/C16H26N4O3S.HI/c1-18-16(20(2)8-9-23-12-13-6-7-13)19-11-14-4-3-5-15(10-14)24(17,21)22;/h3-5,10,13H,6-9,11-12H2,1-2H3,(H,18,19)(H2,17,21,22);1H. The fourth-order valence-corrected chi connectivity index (χ4v) is 2.82. The lowest BCUT2D eigenvalue weighted by atomic mass is 10.2. The molecule has 0 unspecified atom stereocenters. The van der Waals surface area contributed by atoms with Crippen molar-refractivity contribution in [1.29, 1.82) is 0 Å². The molecule has 1 aliphatic carbocycles. The van der Waals surface area contributed by atoms with Gasteiger partial charge >= 0.3 is 0 Å². The third-order valence-electron chi connectivity index (χ3n) is 3.87. The highest BCUT2D eigenvalue weighted by atomic mass is 127. The van der Waals surface area contributed by atoms with E-state index in [2.05, 4.69) is 10.3 Å². The molecule has 1 aromatic rings. The number of benzene rings is 1. The molecule has 0 amide bonds. The van der Waals surface area contributed by atoms with Crippen LogP contribution in [0.4, 0.5) is 0 Å². The maximum absolute atomic E-state index is 11.4. The quantitative estimate of drug-likeness (QED) is 0.253. The molecule has 0 spiro atoms. The Bertz CT molecular complexity index is 678. The third-order valence-corrected chi connectivity index (χ3v) is 4.78. The highest BCUT2D eigenvalue weighted by Gasteiger charge is 2.21. The number of ether oxygens (including phenoxy) is 1. The van der Waals surface area contributed by atoms with Crippen LogP contribution in [0.25, 0.3) is 0 Å². The van der Waals surface area contributed by atoms with E-state index in [4.69, 9.17) is 9.88 Å². The first kappa shape index (κ1) is 22.1. The van der Waals surface area contributed by atoms with Crippen molar-refractivity contribution in [3.63, 3.8) is 0 Å². The van der Waals surface area contributed by atoms with Crippen molar-refractivity contribution < 1.29 is 13.2 Å². The Hall–Kier alpha value is -0.910. The summed E-state index contributed by atoms with van der Waals surface area (Å²) in [5.74, 6) is 1.49. The number of hydrogen-bond donors (Lipinski definition) is 2. The van der Waals surface area contributed by atoms with Crippen molar-refractivity contribution in [3.05, 3.63) is 29.8 Å². The second-order valence-electron chi connectivity index (χ2n) is 6.03. The zero-order chi connectivity index (χ0) is 17.6. The Balaban J connectivity index is 0.00000312. The lowest BCUT2D eigenvalue weighted by Crippen LogP contribution is -2.40. The van der Waals surface area contributed by atoms with E-state index in [9.17, 15) is 8.42 Å². The highest BCUT2D eigenvalue weighted by molar-refractivity contribution is 14.0. The molecule has 0 heterocycles. The van der Waals surface area contributed by atoms with Gasteiger partial charge in [0.15, 0.2) is 5.96 Å². The molecular weight excluding hydrogens is 455 g/mol. The first-order valence-electron chi connectivity index (χ1n) is 8.01. The second kappa shape index (κ2) is 10.3. The number of guanidine groups is 1. The summed E-state index contributed by atoms with van der Waals surface area (Å²) in [6.45, 7) is 2.71. The van der Waals surface area contributed by atoms with Gasteiger partial charge in [0.05, 0.1) is 11.5 Å². The molecule has 7 nitrogen and oxygen atoms in total. The lowest BCUT2D eigenvalue weighted by Gasteiger charge is -2.22. The summed E-state index contributed by atoms with van der Waals surface area (Å²) >= 11 is 0. The van der Waals surface area contributed by atoms with Gasteiger partial charge in [-0.25, -0.2) is 13.6 Å². The van der Waals surface area contributed by atoms with Crippen LogP contribution in [0.5, 0.6) is 0 Å². The molecule has 9 heteroatoms. The van der Waals surface area contributed by atoms with E-state index < -0.39 is 10.0 Å². The normalized spacial score (nSPS) is 14.8. The summed E-state index contributed by atoms with van der Waals surface area (Å²) in [7, 11) is -0.0337. The predicted molar refractivity (Wildman–Crippen MR) is 110 cm³/mol. The smallest absolute Gasteiger partial charge is 0.238 e. The van der Waals surface area contributed by atoms with Crippen LogP contribution in [-0.2, 0) is 21.3 Å². The molecule has 0 aliphatic heterocycles. The van der Waals surface area contributed by atoms with Crippen LogP contribution in [-0.4, -0.2) is 53.1 Å². The van der Waals surface area contributed by atoms with Crippen LogP contribution in [0.15, 0.2) is 34.2 Å². The van der Waals surface area contributed by atoms with Gasteiger partial charge in [-0.3, -0.25) is 4.99 Å². The SMILES string of the molecule is CN=C(NCc1cccc(S(N)(=O)=O)c1)N(C)CCOCC1CC1.I. The number of hydrogen-bond acceptors (Lipinski definition) is 4. The number of aliphatic imine (C=N–C) groups is 1. The summed E-state index contributed by atoms with van der Waals surface area (Å²) in [6.07, 6.45) is 2.58. The number of rotatable bonds is 8. The van der Waals surface area contributed by atoms with Gasteiger partial charge < -0.3 is 15.0 Å². The number of nitrogens with one attached hydrogen (secondary N) is 1. The number of nitrogens with two attached hydrogens (primary N) is 1. The van der Waals surface area contributed by atoms with Crippen LogP contribution >= 0.6 is 24.0 Å². The van der Waals surface area contributed by atoms with Crippen molar-refractivity contribution in [2.75, 3.05) is 33.9 Å². The van der Waals surface area contributed by atoms with Gasteiger partial charge in [-0.15, -0.1) is 24.0 Å². The van der Waals surface area contributed by atoms with Crippen molar-refractivity contribution in [3.8, 4) is 0 Å². The van der Waals surface area contributed by atoms with Crippen LogP contribution in [0.1, 0.15) is 18.4 Å². The number of halogens is 1. The largest absolute Gasteiger partial charge is 0.379 e. The first-order chi connectivity index (χ1) is 11.4. The molecule has 1 aliphatic rings. The van der Waals surface area contributed by atoms with Crippen LogP contribution in [0, 0.1) is 5.92 Å². The Kier molecular flexibility index (Phi) is 9.11. The number of sulfonamides is 1. The zero-order valence-electron chi connectivity index (χ0n) is 14.6. The molecule has 25 heavy (non-hydrogen) atoms. The molecule has 0 saturated heterocycles. The molecule has 2 rings (SSSR count). The van der Waals surface area contributed by atoms with E-state index in [1.165, 1.54) is 18.9 Å². The summed E-state index contributed by atoms with van der Waals surface area (Å²) in [6, 6.07) is 6.56. The van der Waals surface area contributed by atoms with E-state index >= 15 is 0 Å². The van der Waals surface area contributed by atoms with E-state index in [0.29, 0.717) is 13.2 Å². The summed E-state index contributed by atoms with van der Waals surface area (Å²) < 4.78 is 28.4. The Morgan fingerprint density at radius 2 is 2.16 bits per heavy atom. The highest BCUT2D eigenvalue weighted by Crippen LogP contribution is 2.28. The molecule has 0 radical (unpaired) electrons. The van der Waals surface area contributed by atoms with Crippen LogP contribution in [0.3, 0.4) is 0 Å². The van der Waals surface area contributed by atoms with Crippen molar-refractivity contribution in [1.82, 2.24) is 10.2 Å². The summed E-state index contributed by atoms with van der Waals surface area (Å²) in [5.41, 5.74) is 0.820. The molecule has 1 aromatic carbocycles. The Morgan fingerprint density at radius 1 is 1.44 bits per heavy atom. The molecule has 1 fully saturated rings. The number of nitrogens with zero attached hydrogens (tertiary/aromatic N) is 2. The maximum Gasteiger partial charge on any atom is 0.238 e. The van der Waals surface area contributed by atoms with Crippen LogP contribution < -0.4 is 10.5 Å². The average Bonchev–Trinajstić information content (AvgIpc) is 3.36. The van der Waals surface area contributed by atoms with E-state index in [1.54, 1.807) is 19.2 Å². The molecule has 1 saturated carbocycles. The van der Waals surface area contributed by atoms with Gasteiger partial charge in [0.25, 0.3) is 0 Å². The Labute approximate surface area is 167 Å². The zero-order valence-corrected chi connectivity index (χ0v) is 17.8. The van der Waals surface area contributed by atoms with Gasteiger partial charge in [0, 0.05) is 33.8 Å². The topological polar surface area (TPSA) is 97.0 Å². The first-order valence-corrected chi connectivity index (χ1v) is 9.56. The average molecular weight is 482 g/mol. The molecule has 0 aromatic heterocycles. The van der Waals surface area contributed by atoms with Gasteiger partial charge in [-0.1, -0.05) is 12.1 Å². The fraction of sp³-hybridized carbons (Fsp3) is 0.562. The number of primary sulfonamides is 1. The summed E-state index contributed by atoms with van der Waals surface area (Å²) in [5, 5.41) is 8.37. The van der Waals surface area contributed by atoms with Gasteiger partial charge in [-0.2, -0.15) is 0 Å². The monoisotopic (exact) mass is 482 g/mol. The predicted octanol–water partition coefficient (Wildman–Crippen LogP) is 1.39. The minimum absolute atomic E-state index is 0. The minimum atomic E-state index is -3.69. The molecular formula is C16H27IN4O3S. The molecule has 3 N–H and O–H groups in total.